The summed E-state index contributed by atoms with van der Waals surface area (Å²) in [7, 11) is 0. The number of rotatable bonds is 7. The van der Waals surface area contributed by atoms with Gasteiger partial charge in [-0.1, -0.05) is 31.5 Å². The summed E-state index contributed by atoms with van der Waals surface area (Å²) in [5.41, 5.74) is 2.66. The van der Waals surface area contributed by atoms with Crippen molar-refractivity contribution in [1.29, 1.82) is 0 Å². The van der Waals surface area contributed by atoms with E-state index in [-0.39, 0.29) is 18.4 Å². The molecule has 2 rings (SSSR count). The molecule has 0 spiro atoms. The largest absolute Gasteiger partial charge is 0.466 e. The fourth-order valence-electron chi connectivity index (χ4n) is 2.78. The fraction of sp³-hybridized carbons (Fsp3) is 0.611. The van der Waals surface area contributed by atoms with Crippen LogP contribution in [0.15, 0.2) is 24.3 Å². The molecule has 0 unspecified atom stereocenters. The standard InChI is InChI=1S/C18H28N2O2.ClH/c1-3-4-15-22-18(21)9-10-19-11-13-20(14-12-19)17-8-6-5-7-16(17)2;/h5-8H,3-4,9-15H2,1-2H3;1H. The smallest absolute Gasteiger partial charge is 0.307 e. The second kappa shape index (κ2) is 10.5. The Balaban J connectivity index is 0.00000264. The van der Waals surface area contributed by atoms with Gasteiger partial charge in [-0.25, -0.2) is 0 Å². The minimum atomic E-state index is -0.0604. The molecule has 0 radical (unpaired) electrons. The van der Waals surface area contributed by atoms with Gasteiger partial charge < -0.3 is 9.64 Å². The Labute approximate surface area is 146 Å². The Morgan fingerprint density at radius 2 is 1.87 bits per heavy atom. The molecule has 0 bridgehead atoms. The third kappa shape index (κ3) is 6.40. The number of esters is 1. The molecule has 0 N–H and O–H groups in total. The lowest BCUT2D eigenvalue weighted by atomic mass is 10.1. The van der Waals surface area contributed by atoms with Crippen molar-refractivity contribution in [3.05, 3.63) is 29.8 Å². The van der Waals surface area contributed by atoms with Gasteiger partial charge in [-0.05, 0) is 25.0 Å². The van der Waals surface area contributed by atoms with Gasteiger partial charge in [-0.15, -0.1) is 12.4 Å². The predicted octanol–water partition coefficient (Wildman–Crippen LogP) is 3.27. The Hall–Kier alpha value is -1.26. The summed E-state index contributed by atoms with van der Waals surface area (Å²) in [5, 5.41) is 0. The highest BCUT2D eigenvalue weighted by Crippen LogP contribution is 2.20. The molecular weight excluding hydrogens is 312 g/mol. The number of halogens is 1. The maximum atomic E-state index is 11.6. The van der Waals surface area contributed by atoms with Crippen LogP contribution in [0, 0.1) is 6.92 Å². The molecule has 23 heavy (non-hydrogen) atoms. The average Bonchev–Trinajstić information content (AvgIpc) is 2.54. The highest BCUT2D eigenvalue weighted by Gasteiger charge is 2.18. The van der Waals surface area contributed by atoms with Crippen molar-refractivity contribution in [3.63, 3.8) is 0 Å². The molecule has 4 nitrogen and oxygen atoms in total. The number of hydrogen-bond acceptors (Lipinski definition) is 4. The molecule has 5 heteroatoms. The van der Waals surface area contributed by atoms with Gasteiger partial charge in [-0.2, -0.15) is 0 Å². The molecule has 0 amide bonds. The maximum Gasteiger partial charge on any atom is 0.307 e. The van der Waals surface area contributed by atoms with Crippen LogP contribution in [0.1, 0.15) is 31.7 Å². The van der Waals surface area contributed by atoms with Crippen LogP contribution in [-0.4, -0.2) is 50.2 Å². The number of benzene rings is 1. The van der Waals surface area contributed by atoms with E-state index in [9.17, 15) is 4.79 Å². The Morgan fingerprint density at radius 1 is 1.17 bits per heavy atom. The number of anilines is 1. The van der Waals surface area contributed by atoms with Crippen LogP contribution in [0.2, 0.25) is 0 Å². The first-order valence-electron chi connectivity index (χ1n) is 8.39. The van der Waals surface area contributed by atoms with Gasteiger partial charge in [0.15, 0.2) is 0 Å². The zero-order valence-corrected chi connectivity index (χ0v) is 15.1. The van der Waals surface area contributed by atoms with E-state index in [0.717, 1.165) is 45.6 Å². The van der Waals surface area contributed by atoms with Crippen LogP contribution in [0.5, 0.6) is 0 Å². The molecule has 1 aromatic rings. The van der Waals surface area contributed by atoms with E-state index in [4.69, 9.17) is 4.74 Å². The Bertz CT molecular complexity index is 474. The number of unbranched alkanes of at least 4 members (excludes halogenated alkanes) is 1. The number of nitrogens with zero attached hydrogens (tertiary/aromatic N) is 2. The first kappa shape index (κ1) is 19.8. The van der Waals surface area contributed by atoms with Crippen LogP contribution >= 0.6 is 12.4 Å². The molecule has 0 saturated carbocycles. The van der Waals surface area contributed by atoms with Crippen molar-refractivity contribution in [2.45, 2.75) is 33.1 Å². The highest BCUT2D eigenvalue weighted by atomic mass is 35.5. The second-order valence-electron chi connectivity index (χ2n) is 5.94. The van der Waals surface area contributed by atoms with Crippen molar-refractivity contribution in [2.75, 3.05) is 44.2 Å². The van der Waals surface area contributed by atoms with E-state index in [1.165, 1.54) is 11.3 Å². The molecule has 1 heterocycles. The molecule has 1 aliphatic heterocycles. The second-order valence-corrected chi connectivity index (χ2v) is 5.94. The van der Waals surface area contributed by atoms with Crippen LogP contribution in [-0.2, 0) is 9.53 Å². The first-order valence-corrected chi connectivity index (χ1v) is 8.39. The molecule has 1 aromatic carbocycles. The zero-order valence-electron chi connectivity index (χ0n) is 14.3. The molecular formula is C18H29ClN2O2. The van der Waals surface area contributed by atoms with Crippen molar-refractivity contribution < 1.29 is 9.53 Å². The summed E-state index contributed by atoms with van der Waals surface area (Å²) < 4.78 is 5.20. The molecule has 1 fully saturated rings. The number of carbonyl (C=O) groups excluding carboxylic acids is 1. The topological polar surface area (TPSA) is 32.8 Å². The summed E-state index contributed by atoms with van der Waals surface area (Å²) in [4.78, 5) is 16.4. The van der Waals surface area contributed by atoms with E-state index < -0.39 is 0 Å². The lowest BCUT2D eigenvalue weighted by molar-refractivity contribution is -0.144. The number of aryl methyl sites for hydroxylation is 1. The fourth-order valence-corrected chi connectivity index (χ4v) is 2.78. The lowest BCUT2D eigenvalue weighted by Gasteiger charge is -2.36. The lowest BCUT2D eigenvalue weighted by Crippen LogP contribution is -2.47. The van der Waals surface area contributed by atoms with E-state index in [1.807, 2.05) is 0 Å². The number of piperazine rings is 1. The van der Waals surface area contributed by atoms with E-state index >= 15 is 0 Å². The van der Waals surface area contributed by atoms with Crippen LogP contribution in [0.25, 0.3) is 0 Å². The SMILES string of the molecule is CCCCOC(=O)CCN1CCN(c2ccccc2C)CC1.Cl. The number of ether oxygens (including phenoxy) is 1. The van der Waals surface area contributed by atoms with Gasteiger partial charge in [0.1, 0.15) is 0 Å². The zero-order chi connectivity index (χ0) is 15.8. The summed E-state index contributed by atoms with van der Waals surface area (Å²) in [6.07, 6.45) is 2.53. The minimum absolute atomic E-state index is 0. The van der Waals surface area contributed by atoms with Crippen molar-refractivity contribution in [3.8, 4) is 0 Å². The summed E-state index contributed by atoms with van der Waals surface area (Å²) >= 11 is 0. The third-order valence-electron chi connectivity index (χ3n) is 4.22. The highest BCUT2D eigenvalue weighted by molar-refractivity contribution is 5.85. The van der Waals surface area contributed by atoms with Gasteiger partial charge in [0.25, 0.3) is 0 Å². The van der Waals surface area contributed by atoms with E-state index in [2.05, 4.69) is 47.9 Å². The van der Waals surface area contributed by atoms with Gasteiger partial charge in [0.05, 0.1) is 13.0 Å². The van der Waals surface area contributed by atoms with E-state index in [1.54, 1.807) is 0 Å². The summed E-state index contributed by atoms with van der Waals surface area (Å²) in [6.45, 7) is 9.71. The third-order valence-corrected chi connectivity index (χ3v) is 4.22. The molecule has 0 atom stereocenters. The van der Waals surface area contributed by atoms with Gasteiger partial charge in [0.2, 0.25) is 0 Å². The first-order chi connectivity index (χ1) is 10.7. The van der Waals surface area contributed by atoms with Gasteiger partial charge >= 0.3 is 5.97 Å². The van der Waals surface area contributed by atoms with Crippen molar-refractivity contribution in [2.24, 2.45) is 0 Å². The average molecular weight is 341 g/mol. The normalized spacial score (nSPS) is 15.1. The maximum absolute atomic E-state index is 11.6. The summed E-state index contributed by atoms with van der Waals surface area (Å²) in [5.74, 6) is -0.0604. The molecule has 1 saturated heterocycles. The van der Waals surface area contributed by atoms with Crippen LogP contribution in [0.3, 0.4) is 0 Å². The predicted molar refractivity (Wildman–Crippen MR) is 97.6 cm³/mol. The molecule has 0 aromatic heterocycles. The van der Waals surface area contributed by atoms with Crippen molar-refractivity contribution in [1.82, 2.24) is 4.90 Å². The number of hydrogen-bond donors (Lipinski definition) is 0. The Kier molecular flexibility index (Phi) is 9.03. The number of carbonyl (C=O) groups is 1. The summed E-state index contributed by atoms with van der Waals surface area (Å²) in [6, 6.07) is 8.53. The van der Waals surface area contributed by atoms with Crippen molar-refractivity contribution >= 4 is 24.1 Å². The molecule has 1 aliphatic rings. The quantitative estimate of drug-likeness (QED) is 0.563. The Morgan fingerprint density at radius 3 is 2.52 bits per heavy atom. The molecule has 0 aliphatic carbocycles. The number of para-hydroxylation sites is 1. The van der Waals surface area contributed by atoms with Gasteiger partial charge in [-0.3, -0.25) is 9.69 Å². The van der Waals surface area contributed by atoms with Gasteiger partial charge in [0, 0.05) is 38.4 Å². The minimum Gasteiger partial charge on any atom is -0.466 e. The van der Waals surface area contributed by atoms with Crippen LogP contribution < -0.4 is 4.90 Å². The molecule has 130 valence electrons. The monoisotopic (exact) mass is 340 g/mol. The van der Waals surface area contributed by atoms with E-state index in [0.29, 0.717) is 13.0 Å². The van der Waals surface area contributed by atoms with Crippen LogP contribution in [0.4, 0.5) is 5.69 Å².